The van der Waals surface area contributed by atoms with Crippen LogP contribution in [0.4, 0.5) is 5.69 Å². The second-order valence-corrected chi connectivity index (χ2v) is 8.61. The van der Waals surface area contributed by atoms with E-state index in [-0.39, 0.29) is 28.3 Å². The highest BCUT2D eigenvalue weighted by Gasteiger charge is 2.25. The van der Waals surface area contributed by atoms with Gasteiger partial charge in [0.15, 0.2) is 0 Å². The molecule has 1 heterocycles. The van der Waals surface area contributed by atoms with Crippen LogP contribution in [0.25, 0.3) is 0 Å². The minimum absolute atomic E-state index is 0.0631. The number of furan rings is 1. The number of esters is 1. The molecule has 8 nitrogen and oxygen atoms in total. The Bertz CT molecular complexity index is 1180. The summed E-state index contributed by atoms with van der Waals surface area (Å²) in [5.74, 6) is -0.742. The molecule has 0 saturated carbocycles. The molecule has 1 amide bonds. The Labute approximate surface area is 181 Å². The van der Waals surface area contributed by atoms with Gasteiger partial charge in [-0.2, -0.15) is 0 Å². The zero-order valence-electron chi connectivity index (χ0n) is 15.7. The molecule has 0 saturated heterocycles. The van der Waals surface area contributed by atoms with E-state index in [1.165, 1.54) is 36.6 Å². The fourth-order valence-electron chi connectivity index (χ4n) is 2.65. The van der Waals surface area contributed by atoms with Crippen LogP contribution in [0.2, 0.25) is 0 Å². The first-order chi connectivity index (χ1) is 14.3. The lowest BCUT2D eigenvalue weighted by molar-refractivity contribution is 0.0596. The summed E-state index contributed by atoms with van der Waals surface area (Å²) < 4.78 is 38.7. The Balaban J connectivity index is 1.89. The summed E-state index contributed by atoms with van der Waals surface area (Å²) in [5.41, 5.74) is 0.0386. The topological polar surface area (TPSA) is 115 Å². The van der Waals surface area contributed by atoms with Crippen LogP contribution in [-0.4, -0.2) is 27.4 Å². The van der Waals surface area contributed by atoms with Crippen molar-refractivity contribution in [2.45, 2.75) is 11.4 Å². The van der Waals surface area contributed by atoms with Crippen LogP contribution in [0.3, 0.4) is 0 Å². The second-order valence-electron chi connectivity index (χ2n) is 6.05. The monoisotopic (exact) mass is 492 g/mol. The molecule has 3 rings (SSSR count). The van der Waals surface area contributed by atoms with Gasteiger partial charge >= 0.3 is 5.97 Å². The van der Waals surface area contributed by atoms with Gasteiger partial charge in [-0.1, -0.05) is 28.1 Å². The van der Waals surface area contributed by atoms with Crippen LogP contribution >= 0.6 is 15.9 Å². The van der Waals surface area contributed by atoms with Crippen LogP contribution in [0.15, 0.2) is 74.6 Å². The number of amides is 1. The van der Waals surface area contributed by atoms with Gasteiger partial charge in [-0.3, -0.25) is 9.52 Å². The molecule has 2 N–H and O–H groups in total. The lowest BCUT2D eigenvalue weighted by atomic mass is 10.1. The Hall–Kier alpha value is -3.11. The van der Waals surface area contributed by atoms with E-state index in [1.807, 2.05) is 0 Å². The van der Waals surface area contributed by atoms with Crippen molar-refractivity contribution in [3.8, 4) is 0 Å². The number of ether oxygens (including phenoxy) is 1. The van der Waals surface area contributed by atoms with E-state index < -0.39 is 21.9 Å². The second kappa shape index (κ2) is 9.14. The van der Waals surface area contributed by atoms with Crippen LogP contribution < -0.4 is 10.0 Å². The summed E-state index contributed by atoms with van der Waals surface area (Å²) in [6, 6.07) is 13.7. The molecular formula is C20H17BrN2O6S. The van der Waals surface area contributed by atoms with E-state index >= 15 is 0 Å². The number of anilines is 1. The van der Waals surface area contributed by atoms with Gasteiger partial charge in [0.25, 0.3) is 15.9 Å². The summed E-state index contributed by atoms with van der Waals surface area (Å²) >= 11 is 3.21. The molecule has 0 aliphatic heterocycles. The first-order valence-corrected chi connectivity index (χ1v) is 10.9. The Kier molecular flexibility index (Phi) is 6.58. The van der Waals surface area contributed by atoms with Crippen molar-refractivity contribution in [1.82, 2.24) is 5.32 Å². The highest BCUT2D eigenvalue weighted by atomic mass is 79.9. The lowest BCUT2D eigenvalue weighted by Crippen LogP contribution is -2.25. The molecule has 3 aromatic rings. The van der Waals surface area contributed by atoms with E-state index in [0.29, 0.717) is 10.2 Å². The summed E-state index contributed by atoms with van der Waals surface area (Å²) in [5, 5.41) is 2.67. The molecule has 0 aliphatic rings. The quantitative estimate of drug-likeness (QED) is 0.487. The summed E-state index contributed by atoms with van der Waals surface area (Å²) in [6.45, 7) is 0.145. The van der Waals surface area contributed by atoms with Crippen molar-refractivity contribution in [2.75, 3.05) is 11.8 Å². The molecule has 0 radical (unpaired) electrons. The predicted octanol–water partition coefficient (Wildman–Crippen LogP) is 3.56. The minimum Gasteiger partial charge on any atom is -0.467 e. The molecule has 0 bridgehead atoms. The number of hydrogen-bond acceptors (Lipinski definition) is 6. The molecule has 30 heavy (non-hydrogen) atoms. The third-order valence-electron chi connectivity index (χ3n) is 4.06. The number of rotatable bonds is 7. The number of benzene rings is 2. The van der Waals surface area contributed by atoms with Gasteiger partial charge in [-0.25, -0.2) is 13.2 Å². The molecule has 0 unspecified atom stereocenters. The van der Waals surface area contributed by atoms with Crippen molar-refractivity contribution >= 4 is 43.5 Å². The van der Waals surface area contributed by atoms with Crippen molar-refractivity contribution in [3.05, 3.63) is 82.2 Å². The van der Waals surface area contributed by atoms with Gasteiger partial charge in [-0.15, -0.1) is 0 Å². The van der Waals surface area contributed by atoms with E-state index in [2.05, 4.69) is 30.7 Å². The Morgan fingerprint density at radius 1 is 1.07 bits per heavy atom. The SMILES string of the molecule is COC(=O)c1cc(Br)ccc1S(=O)(=O)Nc1ccccc1C(=O)NCc1ccco1. The summed E-state index contributed by atoms with van der Waals surface area (Å²) in [7, 11) is -3.04. The van der Waals surface area contributed by atoms with Gasteiger partial charge in [0.1, 0.15) is 10.7 Å². The van der Waals surface area contributed by atoms with Crippen molar-refractivity contribution < 1.29 is 27.2 Å². The number of nitrogens with one attached hydrogen (secondary N) is 2. The maximum Gasteiger partial charge on any atom is 0.339 e. The first kappa shape index (κ1) is 21.6. The average molecular weight is 493 g/mol. The highest BCUT2D eigenvalue weighted by Crippen LogP contribution is 2.25. The molecular weight excluding hydrogens is 476 g/mol. The Morgan fingerprint density at radius 3 is 2.53 bits per heavy atom. The number of sulfonamides is 1. The maximum atomic E-state index is 13.0. The van der Waals surface area contributed by atoms with Gasteiger partial charge in [0.2, 0.25) is 0 Å². The van der Waals surface area contributed by atoms with E-state index in [1.54, 1.807) is 24.3 Å². The van der Waals surface area contributed by atoms with Crippen molar-refractivity contribution in [3.63, 3.8) is 0 Å². The third kappa shape index (κ3) is 4.89. The van der Waals surface area contributed by atoms with Crippen molar-refractivity contribution in [2.24, 2.45) is 0 Å². The minimum atomic E-state index is -4.20. The predicted molar refractivity (Wildman–Crippen MR) is 113 cm³/mol. The molecule has 1 aromatic heterocycles. The zero-order chi connectivity index (χ0) is 21.7. The molecule has 0 spiro atoms. The van der Waals surface area contributed by atoms with E-state index in [9.17, 15) is 18.0 Å². The van der Waals surface area contributed by atoms with Crippen LogP contribution in [0.1, 0.15) is 26.5 Å². The number of carbonyl (C=O) groups excluding carboxylic acids is 2. The largest absolute Gasteiger partial charge is 0.467 e. The molecule has 0 fully saturated rings. The maximum absolute atomic E-state index is 13.0. The average Bonchev–Trinajstić information content (AvgIpc) is 3.25. The Morgan fingerprint density at radius 2 is 1.83 bits per heavy atom. The number of halogens is 1. The summed E-state index contributed by atoms with van der Waals surface area (Å²) in [6.07, 6.45) is 1.49. The van der Waals surface area contributed by atoms with Gasteiger partial charge < -0.3 is 14.5 Å². The fraction of sp³-hybridized carbons (Fsp3) is 0.100. The molecule has 0 aliphatic carbocycles. The summed E-state index contributed by atoms with van der Waals surface area (Å²) in [4.78, 5) is 24.4. The van der Waals surface area contributed by atoms with Crippen LogP contribution in [0.5, 0.6) is 0 Å². The van der Waals surface area contributed by atoms with Gasteiger partial charge in [0, 0.05) is 4.47 Å². The van der Waals surface area contributed by atoms with Crippen LogP contribution in [0, 0.1) is 0 Å². The smallest absolute Gasteiger partial charge is 0.339 e. The first-order valence-electron chi connectivity index (χ1n) is 8.62. The van der Waals surface area contributed by atoms with Gasteiger partial charge in [0.05, 0.1) is 36.7 Å². The zero-order valence-corrected chi connectivity index (χ0v) is 18.1. The third-order valence-corrected chi connectivity index (χ3v) is 5.97. The molecule has 156 valence electrons. The van der Waals surface area contributed by atoms with Crippen LogP contribution in [-0.2, 0) is 21.3 Å². The lowest BCUT2D eigenvalue weighted by Gasteiger charge is -2.14. The molecule has 2 aromatic carbocycles. The van der Waals surface area contributed by atoms with E-state index in [0.717, 1.165) is 7.11 Å². The standard InChI is InChI=1S/C20H17BrN2O6S/c1-28-20(25)16-11-13(21)8-9-18(16)30(26,27)23-17-7-3-2-6-15(17)19(24)22-12-14-5-4-10-29-14/h2-11,23H,12H2,1H3,(H,22,24). The molecule has 10 heteroatoms. The molecule has 0 atom stereocenters. The van der Waals surface area contributed by atoms with Gasteiger partial charge in [-0.05, 0) is 42.5 Å². The fourth-order valence-corrected chi connectivity index (χ4v) is 4.27. The number of methoxy groups -OCH3 is 1. The van der Waals surface area contributed by atoms with Crippen molar-refractivity contribution in [1.29, 1.82) is 0 Å². The van der Waals surface area contributed by atoms with E-state index in [4.69, 9.17) is 4.42 Å². The normalized spacial score (nSPS) is 11.0. The number of para-hydroxylation sites is 1. The number of carbonyl (C=O) groups is 2. The highest BCUT2D eigenvalue weighted by molar-refractivity contribution is 9.10. The number of hydrogen-bond donors (Lipinski definition) is 2.